The number of alkyl halides is 3. The van der Waals surface area contributed by atoms with Gasteiger partial charge in [0.25, 0.3) is 15.9 Å². The maximum Gasteiger partial charge on any atom is 0.446 e. The fourth-order valence-electron chi connectivity index (χ4n) is 2.24. The van der Waals surface area contributed by atoms with E-state index < -0.39 is 21.4 Å². The minimum absolute atomic E-state index is 0.00926. The Labute approximate surface area is 178 Å². The molecule has 1 aliphatic rings. The number of carbonyl (C=O) groups is 1. The molecule has 0 radical (unpaired) electrons. The van der Waals surface area contributed by atoms with Crippen LogP contribution in [0.15, 0.2) is 69.3 Å². The van der Waals surface area contributed by atoms with Crippen molar-refractivity contribution in [2.75, 3.05) is 0 Å². The van der Waals surface area contributed by atoms with E-state index in [0.29, 0.717) is 5.56 Å². The highest BCUT2D eigenvalue weighted by molar-refractivity contribution is 8.26. The Bertz CT molecular complexity index is 1070. The van der Waals surface area contributed by atoms with Gasteiger partial charge in [-0.1, -0.05) is 54.3 Å². The number of benzene rings is 2. The molecule has 0 saturated carbocycles. The van der Waals surface area contributed by atoms with E-state index in [4.69, 9.17) is 12.2 Å². The molecule has 1 aliphatic heterocycles. The number of hydrazine groups is 1. The second-order valence-electron chi connectivity index (χ2n) is 5.54. The summed E-state index contributed by atoms with van der Waals surface area (Å²) in [4.78, 5) is 14.8. The van der Waals surface area contributed by atoms with Gasteiger partial charge in [-0.15, -0.1) is 4.83 Å². The van der Waals surface area contributed by atoms with Gasteiger partial charge in [-0.25, -0.2) is 13.4 Å². The Morgan fingerprint density at radius 3 is 2.28 bits per heavy atom. The van der Waals surface area contributed by atoms with Crippen molar-refractivity contribution in [2.45, 2.75) is 15.3 Å². The third kappa shape index (κ3) is 5.60. The zero-order chi connectivity index (χ0) is 21.2. The van der Waals surface area contributed by atoms with Gasteiger partial charge in [0.2, 0.25) is 0 Å². The van der Waals surface area contributed by atoms with Gasteiger partial charge in [0.1, 0.15) is 0 Å². The molecule has 2 aromatic rings. The van der Waals surface area contributed by atoms with Crippen LogP contribution in [0.5, 0.6) is 0 Å². The number of amides is 1. The second-order valence-corrected chi connectivity index (χ2v) is 10.0. The summed E-state index contributed by atoms with van der Waals surface area (Å²) in [5.74, 6) is -0.673. The molecule has 2 aromatic carbocycles. The summed E-state index contributed by atoms with van der Waals surface area (Å²) in [6, 6.07) is 12.9. The third-order valence-electron chi connectivity index (χ3n) is 3.47. The van der Waals surface area contributed by atoms with E-state index in [9.17, 15) is 26.4 Å². The van der Waals surface area contributed by atoms with E-state index in [1.165, 1.54) is 42.5 Å². The minimum Gasteiger partial charge on any atom is -0.267 e. The predicted molar refractivity (Wildman–Crippen MR) is 110 cm³/mol. The first kappa shape index (κ1) is 21.8. The Kier molecular flexibility index (Phi) is 6.39. The van der Waals surface area contributed by atoms with E-state index in [1.807, 2.05) is 0 Å². The van der Waals surface area contributed by atoms with Crippen molar-refractivity contribution in [1.29, 1.82) is 0 Å². The van der Waals surface area contributed by atoms with Gasteiger partial charge in [-0.2, -0.15) is 13.2 Å². The normalized spacial score (nSPS) is 16.7. The highest BCUT2D eigenvalue weighted by Crippen LogP contribution is 2.37. The summed E-state index contributed by atoms with van der Waals surface area (Å²) >= 11 is 5.72. The molecule has 3 rings (SSSR count). The molecule has 5 nitrogen and oxygen atoms in total. The lowest BCUT2D eigenvalue weighted by molar-refractivity contribution is -0.123. The summed E-state index contributed by atoms with van der Waals surface area (Å²) in [5, 5.41) is 0.752. The first-order valence-corrected chi connectivity index (χ1v) is 11.3. The van der Waals surface area contributed by atoms with Crippen LogP contribution in [0.4, 0.5) is 13.2 Å². The molecule has 0 atom stereocenters. The molecule has 1 amide bonds. The van der Waals surface area contributed by atoms with E-state index in [1.54, 1.807) is 18.2 Å². The predicted octanol–water partition coefficient (Wildman–Crippen LogP) is 4.39. The topological polar surface area (TPSA) is 66.5 Å². The van der Waals surface area contributed by atoms with Gasteiger partial charge < -0.3 is 0 Å². The molecule has 12 heteroatoms. The molecule has 0 bridgehead atoms. The van der Waals surface area contributed by atoms with Crippen LogP contribution in [0.2, 0.25) is 0 Å². The zero-order valence-corrected chi connectivity index (χ0v) is 17.5. The maximum absolute atomic E-state index is 12.6. The Balaban J connectivity index is 1.76. The average Bonchev–Trinajstić information content (AvgIpc) is 2.90. The Morgan fingerprint density at radius 1 is 1.07 bits per heavy atom. The van der Waals surface area contributed by atoms with E-state index in [-0.39, 0.29) is 30.8 Å². The number of nitrogens with zero attached hydrogens (tertiary/aromatic N) is 1. The number of nitrogens with one attached hydrogen (secondary N) is 1. The van der Waals surface area contributed by atoms with Crippen LogP contribution in [0.1, 0.15) is 5.56 Å². The van der Waals surface area contributed by atoms with Crippen molar-refractivity contribution in [1.82, 2.24) is 9.84 Å². The number of carbonyl (C=O) groups excluding carboxylic acids is 1. The SMILES string of the molecule is O=C1/C(=C/c2ccc(SC(F)(F)F)cc2)SC(=S)N1NS(=O)(=O)c1ccccc1. The molecule has 1 saturated heterocycles. The van der Waals surface area contributed by atoms with Gasteiger partial charge in [0, 0.05) is 4.90 Å². The second kappa shape index (κ2) is 8.48. The fraction of sp³-hybridized carbons (Fsp3) is 0.0588. The number of hydrogen-bond donors (Lipinski definition) is 1. The molecule has 1 N–H and O–H groups in total. The fourth-order valence-corrected chi connectivity index (χ4v) is 5.11. The van der Waals surface area contributed by atoms with Crippen LogP contribution in [0.25, 0.3) is 6.08 Å². The van der Waals surface area contributed by atoms with Crippen LogP contribution in [-0.4, -0.2) is 29.2 Å². The monoisotopic (exact) mass is 476 g/mol. The molecule has 0 unspecified atom stereocenters. The molecule has 0 spiro atoms. The van der Waals surface area contributed by atoms with Crippen LogP contribution in [0, 0.1) is 0 Å². The first-order chi connectivity index (χ1) is 13.5. The molecule has 152 valence electrons. The Hall–Kier alpha value is -1.86. The van der Waals surface area contributed by atoms with E-state index >= 15 is 0 Å². The molecule has 0 aromatic heterocycles. The standard InChI is InChI=1S/C17H11F3N2O3S4/c18-17(19,20)28-12-8-6-11(7-9-12)10-14-15(23)22(16(26)27-14)21-29(24,25)13-4-2-1-3-5-13/h1-10,21H/b14-10-. The molecule has 1 fully saturated rings. The molecular formula is C17H11F3N2O3S4. The summed E-state index contributed by atoms with van der Waals surface area (Å²) in [6.45, 7) is 0. The van der Waals surface area contributed by atoms with Gasteiger partial charge in [0.05, 0.1) is 9.80 Å². The first-order valence-electron chi connectivity index (χ1n) is 7.76. The van der Waals surface area contributed by atoms with Crippen molar-refractivity contribution in [3.8, 4) is 0 Å². The van der Waals surface area contributed by atoms with Crippen LogP contribution < -0.4 is 4.83 Å². The number of sulfonamides is 1. The van der Waals surface area contributed by atoms with Gasteiger partial charge in [-0.3, -0.25) is 4.79 Å². The van der Waals surface area contributed by atoms with Crippen molar-refractivity contribution in [2.24, 2.45) is 0 Å². The highest BCUT2D eigenvalue weighted by Gasteiger charge is 2.35. The lowest BCUT2D eigenvalue weighted by atomic mass is 10.2. The summed E-state index contributed by atoms with van der Waals surface area (Å²) in [6.07, 6.45) is 1.43. The highest BCUT2D eigenvalue weighted by atomic mass is 32.2. The zero-order valence-electron chi connectivity index (χ0n) is 14.2. The van der Waals surface area contributed by atoms with Gasteiger partial charge in [0.15, 0.2) is 4.32 Å². The van der Waals surface area contributed by atoms with Crippen LogP contribution in [-0.2, 0) is 14.8 Å². The van der Waals surface area contributed by atoms with Crippen molar-refractivity contribution < 1.29 is 26.4 Å². The lowest BCUT2D eigenvalue weighted by Gasteiger charge is -2.15. The van der Waals surface area contributed by atoms with Gasteiger partial charge >= 0.3 is 5.51 Å². The number of rotatable bonds is 5. The quantitative estimate of drug-likeness (QED) is 0.392. The number of thioether (sulfide) groups is 2. The largest absolute Gasteiger partial charge is 0.446 e. The number of hydrogen-bond acceptors (Lipinski definition) is 6. The van der Waals surface area contributed by atoms with E-state index in [2.05, 4.69) is 4.83 Å². The minimum atomic E-state index is -4.39. The van der Waals surface area contributed by atoms with Crippen molar-refractivity contribution in [3.05, 3.63) is 65.1 Å². The molecular weight excluding hydrogens is 465 g/mol. The average molecular weight is 477 g/mol. The van der Waals surface area contributed by atoms with Gasteiger partial charge in [-0.05, 0) is 47.7 Å². The third-order valence-corrected chi connectivity index (χ3v) is 6.83. The summed E-state index contributed by atoms with van der Waals surface area (Å²) in [5.41, 5.74) is -3.91. The molecule has 0 aliphatic carbocycles. The smallest absolute Gasteiger partial charge is 0.267 e. The summed E-state index contributed by atoms with van der Waals surface area (Å²) in [7, 11) is -4.01. The van der Waals surface area contributed by atoms with Crippen molar-refractivity contribution in [3.63, 3.8) is 0 Å². The molecule has 29 heavy (non-hydrogen) atoms. The van der Waals surface area contributed by atoms with Crippen molar-refractivity contribution >= 4 is 62.1 Å². The lowest BCUT2D eigenvalue weighted by Crippen LogP contribution is -2.44. The van der Waals surface area contributed by atoms with E-state index in [0.717, 1.165) is 16.8 Å². The van der Waals surface area contributed by atoms with Crippen LogP contribution in [0.3, 0.4) is 0 Å². The van der Waals surface area contributed by atoms with Crippen LogP contribution >= 0.6 is 35.7 Å². The molecule has 1 heterocycles. The maximum atomic E-state index is 12.6. The Morgan fingerprint density at radius 2 is 1.69 bits per heavy atom. The summed E-state index contributed by atoms with van der Waals surface area (Å²) < 4.78 is 62.0. The number of halogens is 3. The number of thiocarbonyl (C=S) groups is 1.